The van der Waals surface area contributed by atoms with Gasteiger partial charge in [-0.1, -0.05) is 0 Å². The molecule has 96 valence electrons. The van der Waals surface area contributed by atoms with E-state index in [1.54, 1.807) is 7.11 Å². The molecule has 17 heavy (non-hydrogen) atoms. The molecule has 0 aromatic carbocycles. The van der Waals surface area contributed by atoms with Crippen LogP contribution in [-0.2, 0) is 9.53 Å². The normalized spacial score (nSPS) is 20.7. The van der Waals surface area contributed by atoms with Crippen LogP contribution in [0.15, 0.2) is 11.1 Å². The van der Waals surface area contributed by atoms with Crippen LogP contribution in [-0.4, -0.2) is 39.3 Å². The van der Waals surface area contributed by atoms with Gasteiger partial charge in [0.2, 0.25) is 5.91 Å². The maximum Gasteiger partial charge on any atom is 0.246 e. The van der Waals surface area contributed by atoms with Gasteiger partial charge in [0, 0.05) is 38.9 Å². The molecule has 2 N–H and O–H groups in total. The van der Waals surface area contributed by atoms with E-state index in [1.165, 1.54) is 18.4 Å². The summed E-state index contributed by atoms with van der Waals surface area (Å²) in [7, 11) is 1.73. The van der Waals surface area contributed by atoms with Crippen molar-refractivity contribution < 1.29 is 9.53 Å². The lowest BCUT2D eigenvalue weighted by atomic mass is 10.0. The lowest BCUT2D eigenvalue weighted by Gasteiger charge is -2.22. The molecule has 0 spiro atoms. The van der Waals surface area contributed by atoms with Gasteiger partial charge >= 0.3 is 0 Å². The third-order valence-electron chi connectivity index (χ3n) is 3.97. The summed E-state index contributed by atoms with van der Waals surface area (Å²) in [4.78, 5) is 11.9. The van der Waals surface area contributed by atoms with Crippen molar-refractivity contribution in [3.05, 3.63) is 11.1 Å². The highest BCUT2D eigenvalue weighted by Gasteiger charge is 2.42. The summed E-state index contributed by atoms with van der Waals surface area (Å²) in [5.41, 5.74) is 2.46. The highest BCUT2D eigenvalue weighted by atomic mass is 16.5. The summed E-state index contributed by atoms with van der Waals surface area (Å²) in [6, 6.07) is 0. The Morgan fingerprint density at radius 3 is 2.65 bits per heavy atom. The number of rotatable bonds is 6. The predicted octanol–water partition coefficient (Wildman–Crippen LogP) is 0.839. The standard InChI is InChI=1S/C13H22N2O2/c1-10(11-7-14-8-11)12(16)15-9-13(3-4-13)5-6-17-2/h14H,3-9H2,1-2H3,(H,15,16). The van der Waals surface area contributed by atoms with Gasteiger partial charge in [-0.3, -0.25) is 4.79 Å². The molecule has 1 saturated heterocycles. The average Bonchev–Trinajstić information content (AvgIpc) is 3.01. The van der Waals surface area contributed by atoms with Crippen molar-refractivity contribution in [2.75, 3.05) is 33.4 Å². The van der Waals surface area contributed by atoms with Crippen molar-refractivity contribution in [3.63, 3.8) is 0 Å². The van der Waals surface area contributed by atoms with E-state index >= 15 is 0 Å². The molecular formula is C13H22N2O2. The first kappa shape index (κ1) is 12.6. The molecule has 0 unspecified atom stereocenters. The molecule has 1 saturated carbocycles. The van der Waals surface area contributed by atoms with Crippen LogP contribution >= 0.6 is 0 Å². The minimum Gasteiger partial charge on any atom is -0.385 e. The second kappa shape index (κ2) is 5.19. The Hall–Kier alpha value is -0.870. The van der Waals surface area contributed by atoms with Crippen LogP contribution in [0.3, 0.4) is 0 Å². The van der Waals surface area contributed by atoms with Crippen LogP contribution in [0.25, 0.3) is 0 Å². The summed E-state index contributed by atoms with van der Waals surface area (Å²) in [6.45, 7) is 5.25. The Kier molecular flexibility index (Phi) is 3.84. The number of methoxy groups -OCH3 is 1. The first-order valence-corrected chi connectivity index (χ1v) is 6.33. The highest BCUT2D eigenvalue weighted by molar-refractivity contribution is 5.94. The third-order valence-corrected chi connectivity index (χ3v) is 3.97. The zero-order valence-electron chi connectivity index (χ0n) is 10.8. The molecule has 1 aliphatic carbocycles. The molecule has 0 bridgehead atoms. The van der Waals surface area contributed by atoms with Crippen LogP contribution < -0.4 is 10.6 Å². The largest absolute Gasteiger partial charge is 0.385 e. The number of carbonyl (C=O) groups is 1. The number of amides is 1. The van der Waals surface area contributed by atoms with Gasteiger partial charge in [-0.25, -0.2) is 0 Å². The Labute approximate surface area is 103 Å². The van der Waals surface area contributed by atoms with Crippen LogP contribution in [0.1, 0.15) is 26.2 Å². The summed E-state index contributed by atoms with van der Waals surface area (Å²) < 4.78 is 5.11. The maximum absolute atomic E-state index is 11.9. The van der Waals surface area contributed by atoms with Gasteiger partial charge in [-0.15, -0.1) is 0 Å². The fourth-order valence-electron chi connectivity index (χ4n) is 2.09. The second-order valence-electron chi connectivity index (χ2n) is 5.26. The minimum atomic E-state index is 0.102. The molecule has 0 aromatic rings. The molecule has 2 fully saturated rings. The first-order valence-electron chi connectivity index (χ1n) is 6.33. The minimum absolute atomic E-state index is 0.102. The molecular weight excluding hydrogens is 216 g/mol. The van der Waals surface area contributed by atoms with E-state index < -0.39 is 0 Å². The Balaban J connectivity index is 1.76. The average molecular weight is 238 g/mol. The molecule has 0 atom stereocenters. The molecule has 1 amide bonds. The van der Waals surface area contributed by atoms with Crippen LogP contribution in [0.2, 0.25) is 0 Å². The lowest BCUT2D eigenvalue weighted by molar-refractivity contribution is -0.117. The van der Waals surface area contributed by atoms with E-state index in [9.17, 15) is 4.79 Å². The fraction of sp³-hybridized carbons (Fsp3) is 0.769. The highest BCUT2D eigenvalue weighted by Crippen LogP contribution is 2.48. The quantitative estimate of drug-likeness (QED) is 0.674. The van der Waals surface area contributed by atoms with E-state index in [0.717, 1.165) is 38.2 Å². The number of carbonyl (C=O) groups excluding carboxylic acids is 1. The van der Waals surface area contributed by atoms with Crippen molar-refractivity contribution in [1.82, 2.24) is 10.6 Å². The summed E-state index contributed by atoms with van der Waals surface area (Å²) >= 11 is 0. The third kappa shape index (κ3) is 3.07. The lowest BCUT2D eigenvalue weighted by Crippen LogP contribution is -2.38. The predicted molar refractivity (Wildman–Crippen MR) is 66.7 cm³/mol. The summed E-state index contributed by atoms with van der Waals surface area (Å²) in [5.74, 6) is 0.102. The molecule has 2 aliphatic rings. The second-order valence-corrected chi connectivity index (χ2v) is 5.26. The van der Waals surface area contributed by atoms with Gasteiger partial charge in [0.05, 0.1) is 0 Å². The molecule has 1 aliphatic heterocycles. The van der Waals surface area contributed by atoms with E-state index in [2.05, 4.69) is 10.6 Å². The van der Waals surface area contributed by atoms with E-state index in [4.69, 9.17) is 4.74 Å². The van der Waals surface area contributed by atoms with E-state index in [-0.39, 0.29) is 5.91 Å². The van der Waals surface area contributed by atoms with Crippen molar-refractivity contribution in [2.24, 2.45) is 5.41 Å². The van der Waals surface area contributed by atoms with Gasteiger partial charge in [0.15, 0.2) is 0 Å². The van der Waals surface area contributed by atoms with Gasteiger partial charge in [0.25, 0.3) is 0 Å². The maximum atomic E-state index is 11.9. The molecule has 1 heterocycles. The number of hydrogen-bond donors (Lipinski definition) is 2. The van der Waals surface area contributed by atoms with Crippen molar-refractivity contribution in [1.29, 1.82) is 0 Å². The monoisotopic (exact) mass is 238 g/mol. The number of hydrogen-bond acceptors (Lipinski definition) is 3. The summed E-state index contributed by atoms with van der Waals surface area (Å²) in [5, 5.41) is 6.22. The van der Waals surface area contributed by atoms with Crippen LogP contribution in [0.5, 0.6) is 0 Å². The van der Waals surface area contributed by atoms with Crippen molar-refractivity contribution >= 4 is 5.91 Å². The molecule has 4 nitrogen and oxygen atoms in total. The summed E-state index contributed by atoms with van der Waals surface area (Å²) in [6.07, 6.45) is 3.49. The fourth-order valence-corrected chi connectivity index (χ4v) is 2.09. The zero-order valence-corrected chi connectivity index (χ0v) is 10.8. The molecule has 4 heteroatoms. The van der Waals surface area contributed by atoms with Gasteiger partial charge in [0.1, 0.15) is 0 Å². The van der Waals surface area contributed by atoms with Gasteiger partial charge in [-0.2, -0.15) is 0 Å². The van der Waals surface area contributed by atoms with Gasteiger partial charge in [-0.05, 0) is 37.2 Å². The Morgan fingerprint density at radius 1 is 1.47 bits per heavy atom. The van der Waals surface area contributed by atoms with Gasteiger partial charge < -0.3 is 15.4 Å². The smallest absolute Gasteiger partial charge is 0.246 e. The SMILES string of the molecule is COCCC1(CNC(=O)C(C)=C2CNC2)CC1. The van der Waals surface area contributed by atoms with E-state index in [0.29, 0.717) is 5.41 Å². The Bertz CT molecular complexity index is 326. The first-order chi connectivity index (χ1) is 8.17. The topological polar surface area (TPSA) is 50.4 Å². The van der Waals surface area contributed by atoms with E-state index in [1.807, 2.05) is 6.92 Å². The van der Waals surface area contributed by atoms with Crippen molar-refractivity contribution in [2.45, 2.75) is 26.2 Å². The number of ether oxygens (including phenoxy) is 1. The molecule has 2 rings (SSSR count). The Morgan fingerprint density at radius 2 is 2.18 bits per heavy atom. The molecule has 0 aromatic heterocycles. The van der Waals surface area contributed by atoms with Crippen molar-refractivity contribution in [3.8, 4) is 0 Å². The van der Waals surface area contributed by atoms with Crippen LogP contribution in [0, 0.1) is 5.41 Å². The zero-order chi connectivity index (χ0) is 12.3. The molecule has 0 radical (unpaired) electrons. The van der Waals surface area contributed by atoms with Crippen LogP contribution in [0.4, 0.5) is 0 Å². The number of nitrogens with one attached hydrogen (secondary N) is 2.